The van der Waals surface area contributed by atoms with Crippen LogP contribution in [0, 0.1) is 0 Å². The summed E-state index contributed by atoms with van der Waals surface area (Å²) in [6, 6.07) is 11.4. The molecule has 10 heteroatoms. The first-order valence-corrected chi connectivity index (χ1v) is 11.4. The molecule has 0 aromatic heterocycles. The molecule has 2 N–H and O–H groups in total. The lowest BCUT2D eigenvalue weighted by atomic mass is 10.2. The van der Waals surface area contributed by atoms with E-state index in [1.165, 1.54) is 36.6 Å². The van der Waals surface area contributed by atoms with Crippen LogP contribution in [0.4, 0.5) is 11.4 Å². The molecule has 0 aliphatic carbocycles. The maximum atomic E-state index is 13.1. The fraction of sp³-hybridized carbons (Fsp3) is 0.273. The molecule has 0 saturated carbocycles. The average Bonchev–Trinajstić information content (AvgIpc) is 2.79. The molecule has 2 aromatic carbocycles. The van der Waals surface area contributed by atoms with Crippen molar-refractivity contribution in [2.75, 3.05) is 44.0 Å². The fourth-order valence-corrected chi connectivity index (χ4v) is 4.72. The summed E-state index contributed by atoms with van der Waals surface area (Å²) in [6.07, 6.45) is 2.84. The summed E-state index contributed by atoms with van der Waals surface area (Å²) in [5.74, 6) is -0.331. The number of ether oxygens (including phenoxy) is 2. The zero-order chi connectivity index (χ0) is 23.1. The van der Waals surface area contributed by atoms with Crippen molar-refractivity contribution in [1.29, 1.82) is 0 Å². The monoisotopic (exact) mass is 459 g/mol. The Morgan fingerprint density at radius 2 is 1.66 bits per heavy atom. The summed E-state index contributed by atoms with van der Waals surface area (Å²) in [6.45, 7) is 2.64. The molecule has 0 radical (unpaired) electrons. The summed E-state index contributed by atoms with van der Waals surface area (Å²) in [5, 5.41) is 5.36. The smallest absolute Gasteiger partial charge is 0.248 e. The molecule has 1 saturated heterocycles. The molecule has 1 aliphatic heterocycles. The molecule has 1 heterocycles. The largest absolute Gasteiger partial charge is 0.495 e. The number of morpholine rings is 1. The number of sulfonamides is 1. The van der Waals surface area contributed by atoms with Crippen molar-refractivity contribution in [2.24, 2.45) is 0 Å². The molecular formula is C22H25N3O6S. The number of hydrogen-bond acceptors (Lipinski definition) is 6. The fourth-order valence-electron chi connectivity index (χ4n) is 3.12. The standard InChI is InChI=1S/C22H25N3O6S/c1-16(26)23-18-5-7-19(8-6-18)24-22(27)10-4-17-3-9-20(30-2)21(15-17)32(28,29)25-11-13-31-14-12-25/h3-10,15H,11-14H2,1-2H3,(H,23,26)(H,24,27)/b10-4+. The van der Waals surface area contributed by atoms with Crippen molar-refractivity contribution < 1.29 is 27.5 Å². The van der Waals surface area contributed by atoms with Crippen LogP contribution in [0.2, 0.25) is 0 Å². The second kappa shape index (κ2) is 10.4. The molecule has 0 spiro atoms. The highest BCUT2D eigenvalue weighted by molar-refractivity contribution is 7.89. The van der Waals surface area contributed by atoms with E-state index in [0.29, 0.717) is 30.2 Å². The molecule has 32 heavy (non-hydrogen) atoms. The van der Waals surface area contributed by atoms with E-state index in [0.717, 1.165) is 0 Å². The Labute approximate surface area is 187 Å². The normalized spacial score (nSPS) is 14.8. The van der Waals surface area contributed by atoms with Crippen molar-refractivity contribution >= 4 is 39.3 Å². The lowest BCUT2D eigenvalue weighted by molar-refractivity contribution is -0.114. The van der Waals surface area contributed by atoms with Crippen molar-refractivity contribution in [1.82, 2.24) is 4.31 Å². The van der Waals surface area contributed by atoms with Gasteiger partial charge in [0.05, 0.1) is 20.3 Å². The van der Waals surface area contributed by atoms with Crippen LogP contribution in [0.5, 0.6) is 5.75 Å². The predicted octanol–water partition coefficient (Wildman–Crippen LogP) is 2.33. The maximum absolute atomic E-state index is 13.1. The van der Waals surface area contributed by atoms with Gasteiger partial charge in [0, 0.05) is 37.5 Å². The topological polar surface area (TPSA) is 114 Å². The summed E-state index contributed by atoms with van der Waals surface area (Å²) in [5.41, 5.74) is 1.71. The van der Waals surface area contributed by atoms with E-state index in [4.69, 9.17) is 9.47 Å². The number of rotatable bonds is 7. The highest BCUT2D eigenvalue weighted by Crippen LogP contribution is 2.29. The molecule has 9 nitrogen and oxygen atoms in total. The van der Waals surface area contributed by atoms with Crippen molar-refractivity contribution in [3.05, 3.63) is 54.1 Å². The number of hydrogen-bond donors (Lipinski definition) is 2. The highest BCUT2D eigenvalue weighted by Gasteiger charge is 2.29. The Balaban J connectivity index is 1.73. The zero-order valence-electron chi connectivity index (χ0n) is 17.8. The zero-order valence-corrected chi connectivity index (χ0v) is 18.6. The number of nitrogens with one attached hydrogen (secondary N) is 2. The second-order valence-corrected chi connectivity index (χ2v) is 8.91. The van der Waals surface area contributed by atoms with Crippen LogP contribution in [-0.4, -0.2) is 58.0 Å². The van der Waals surface area contributed by atoms with E-state index in [9.17, 15) is 18.0 Å². The number of carbonyl (C=O) groups excluding carboxylic acids is 2. The summed E-state index contributed by atoms with van der Waals surface area (Å²) in [7, 11) is -2.35. The first kappa shape index (κ1) is 23.5. The Morgan fingerprint density at radius 1 is 1.03 bits per heavy atom. The number of benzene rings is 2. The molecule has 2 amide bonds. The number of anilines is 2. The average molecular weight is 460 g/mol. The van der Waals surface area contributed by atoms with Crippen LogP contribution < -0.4 is 15.4 Å². The third kappa shape index (κ3) is 5.94. The van der Waals surface area contributed by atoms with E-state index in [-0.39, 0.29) is 35.5 Å². The molecular weight excluding hydrogens is 434 g/mol. The van der Waals surface area contributed by atoms with Crippen LogP contribution in [0.15, 0.2) is 53.4 Å². The van der Waals surface area contributed by atoms with Gasteiger partial charge in [-0.25, -0.2) is 8.42 Å². The minimum absolute atomic E-state index is 0.0398. The van der Waals surface area contributed by atoms with E-state index in [1.807, 2.05) is 0 Å². The molecule has 1 fully saturated rings. The van der Waals surface area contributed by atoms with Gasteiger partial charge in [0.15, 0.2) is 0 Å². The number of amides is 2. The minimum atomic E-state index is -3.76. The second-order valence-electron chi connectivity index (χ2n) is 7.01. The van der Waals surface area contributed by atoms with Crippen molar-refractivity contribution in [3.63, 3.8) is 0 Å². The number of carbonyl (C=O) groups is 2. The summed E-state index contributed by atoms with van der Waals surface area (Å²) >= 11 is 0. The van der Waals surface area contributed by atoms with Gasteiger partial charge in [-0.2, -0.15) is 4.31 Å². The Morgan fingerprint density at radius 3 is 2.25 bits per heavy atom. The van der Waals surface area contributed by atoms with Crippen molar-refractivity contribution in [3.8, 4) is 5.75 Å². The molecule has 170 valence electrons. The van der Waals surface area contributed by atoms with Gasteiger partial charge in [-0.05, 0) is 48.0 Å². The van der Waals surface area contributed by atoms with E-state index >= 15 is 0 Å². The Hall–Kier alpha value is -3.21. The van der Waals surface area contributed by atoms with Crippen LogP contribution in [0.25, 0.3) is 6.08 Å². The summed E-state index contributed by atoms with van der Waals surface area (Å²) < 4.78 is 38.0. The quantitative estimate of drug-likeness (QED) is 0.615. The minimum Gasteiger partial charge on any atom is -0.495 e. The molecule has 0 unspecified atom stereocenters. The first-order valence-electron chi connectivity index (χ1n) is 9.92. The molecule has 1 aliphatic rings. The SMILES string of the molecule is COc1ccc(/C=C/C(=O)Nc2ccc(NC(C)=O)cc2)cc1S(=O)(=O)N1CCOCC1. The van der Waals surface area contributed by atoms with Gasteiger partial charge < -0.3 is 20.1 Å². The van der Waals surface area contributed by atoms with Crippen LogP contribution in [0.1, 0.15) is 12.5 Å². The summed E-state index contributed by atoms with van der Waals surface area (Å²) in [4.78, 5) is 23.4. The lowest BCUT2D eigenvalue weighted by Gasteiger charge is -2.26. The van der Waals surface area contributed by atoms with Crippen molar-refractivity contribution in [2.45, 2.75) is 11.8 Å². The molecule has 0 bridgehead atoms. The van der Waals surface area contributed by atoms with Gasteiger partial charge in [-0.3, -0.25) is 9.59 Å². The van der Waals surface area contributed by atoms with Gasteiger partial charge in [-0.1, -0.05) is 6.07 Å². The van der Waals surface area contributed by atoms with Crippen LogP contribution >= 0.6 is 0 Å². The lowest BCUT2D eigenvalue weighted by Crippen LogP contribution is -2.40. The van der Waals surface area contributed by atoms with Gasteiger partial charge in [0.25, 0.3) is 0 Å². The third-order valence-electron chi connectivity index (χ3n) is 4.68. The highest BCUT2D eigenvalue weighted by atomic mass is 32.2. The third-order valence-corrected chi connectivity index (χ3v) is 6.60. The van der Waals surface area contributed by atoms with Gasteiger partial charge in [0.1, 0.15) is 10.6 Å². The molecule has 3 rings (SSSR count). The Kier molecular flexibility index (Phi) is 7.62. The maximum Gasteiger partial charge on any atom is 0.248 e. The molecule has 2 aromatic rings. The van der Waals surface area contributed by atoms with Crippen LogP contribution in [-0.2, 0) is 24.3 Å². The molecule has 0 atom stereocenters. The predicted molar refractivity (Wildman–Crippen MR) is 121 cm³/mol. The van der Waals surface area contributed by atoms with Gasteiger partial charge in [0.2, 0.25) is 21.8 Å². The van der Waals surface area contributed by atoms with E-state index < -0.39 is 10.0 Å². The number of methoxy groups -OCH3 is 1. The van der Waals surface area contributed by atoms with E-state index in [1.54, 1.807) is 36.4 Å². The number of nitrogens with zero attached hydrogens (tertiary/aromatic N) is 1. The van der Waals surface area contributed by atoms with Crippen LogP contribution in [0.3, 0.4) is 0 Å². The Bertz CT molecular complexity index is 1110. The van der Waals surface area contributed by atoms with Gasteiger partial charge in [-0.15, -0.1) is 0 Å². The first-order chi connectivity index (χ1) is 15.3. The van der Waals surface area contributed by atoms with Gasteiger partial charge >= 0.3 is 0 Å². The van der Waals surface area contributed by atoms with E-state index in [2.05, 4.69) is 10.6 Å².